The standard InChI is InChI=1S/C19H21NO/c1-12(2)11-17-15(5)18(13(3)14(4)19(17)21)20-16-9-7-6-8-10-16/h6-10H,1,11H2,2-5H3. The number of benzene rings is 1. The van der Waals surface area contributed by atoms with Crippen LogP contribution in [0, 0.1) is 0 Å². The molecule has 0 aromatic heterocycles. The molecule has 0 heterocycles. The number of carbonyl (C=O) groups is 1. The molecule has 108 valence electrons. The Morgan fingerprint density at radius 1 is 1.05 bits per heavy atom. The Kier molecular flexibility index (Phi) is 4.37. The molecule has 0 fully saturated rings. The highest BCUT2D eigenvalue weighted by atomic mass is 16.1. The molecule has 0 N–H and O–H groups in total. The van der Waals surface area contributed by atoms with Crippen LogP contribution in [0.2, 0.25) is 0 Å². The van der Waals surface area contributed by atoms with Crippen LogP contribution in [0.25, 0.3) is 0 Å². The van der Waals surface area contributed by atoms with Gasteiger partial charge in [0.1, 0.15) is 0 Å². The molecular formula is C19H21NO. The average molecular weight is 279 g/mol. The highest BCUT2D eigenvalue weighted by Gasteiger charge is 2.26. The molecule has 0 atom stereocenters. The molecule has 2 nitrogen and oxygen atoms in total. The van der Waals surface area contributed by atoms with Gasteiger partial charge in [0.25, 0.3) is 0 Å². The Labute approximate surface area is 126 Å². The van der Waals surface area contributed by atoms with Gasteiger partial charge in [0.2, 0.25) is 0 Å². The van der Waals surface area contributed by atoms with E-state index in [2.05, 4.69) is 6.58 Å². The normalized spacial score (nSPS) is 17.7. The number of hydrogen-bond donors (Lipinski definition) is 0. The van der Waals surface area contributed by atoms with Crippen LogP contribution in [-0.2, 0) is 4.79 Å². The van der Waals surface area contributed by atoms with Crippen LogP contribution in [-0.4, -0.2) is 11.5 Å². The van der Waals surface area contributed by atoms with Gasteiger partial charge in [0.05, 0.1) is 11.4 Å². The van der Waals surface area contributed by atoms with Gasteiger partial charge in [-0.3, -0.25) is 4.79 Å². The molecule has 21 heavy (non-hydrogen) atoms. The SMILES string of the molecule is C=C(C)CC1=C(C)C(=Nc2ccccc2)C(C)=C(C)C1=O. The van der Waals surface area contributed by atoms with Crippen molar-refractivity contribution in [2.75, 3.05) is 0 Å². The quantitative estimate of drug-likeness (QED) is 0.568. The van der Waals surface area contributed by atoms with E-state index >= 15 is 0 Å². The maximum atomic E-state index is 12.5. The monoisotopic (exact) mass is 279 g/mol. The van der Waals surface area contributed by atoms with E-state index in [1.165, 1.54) is 0 Å². The smallest absolute Gasteiger partial charge is 0.185 e. The van der Waals surface area contributed by atoms with Gasteiger partial charge in [-0.2, -0.15) is 0 Å². The molecule has 0 saturated heterocycles. The van der Waals surface area contributed by atoms with Crippen LogP contribution in [0.5, 0.6) is 0 Å². The summed E-state index contributed by atoms with van der Waals surface area (Å²) in [5.41, 5.74) is 6.34. The fourth-order valence-electron chi connectivity index (χ4n) is 2.48. The van der Waals surface area contributed by atoms with E-state index < -0.39 is 0 Å². The minimum absolute atomic E-state index is 0.125. The van der Waals surface area contributed by atoms with Crippen molar-refractivity contribution in [3.05, 3.63) is 64.8 Å². The lowest BCUT2D eigenvalue weighted by atomic mass is 9.83. The van der Waals surface area contributed by atoms with Crippen molar-refractivity contribution in [2.24, 2.45) is 4.99 Å². The van der Waals surface area contributed by atoms with Gasteiger partial charge >= 0.3 is 0 Å². The molecule has 0 amide bonds. The van der Waals surface area contributed by atoms with Gasteiger partial charge in [0.15, 0.2) is 5.78 Å². The first-order chi connectivity index (χ1) is 9.91. The zero-order chi connectivity index (χ0) is 15.6. The molecule has 1 aliphatic rings. The Hall–Kier alpha value is -2.22. The van der Waals surface area contributed by atoms with Gasteiger partial charge in [-0.05, 0) is 57.4 Å². The second kappa shape index (κ2) is 6.04. The van der Waals surface area contributed by atoms with Gasteiger partial charge in [-0.1, -0.05) is 30.4 Å². The van der Waals surface area contributed by atoms with Crippen LogP contribution in [0.4, 0.5) is 5.69 Å². The summed E-state index contributed by atoms with van der Waals surface area (Å²) in [6.07, 6.45) is 0.614. The first kappa shape index (κ1) is 15.2. The number of Topliss-reactive ketones (excluding diaryl/α,β-unsaturated/α-hetero) is 1. The van der Waals surface area contributed by atoms with E-state index in [1.54, 1.807) is 0 Å². The van der Waals surface area contributed by atoms with E-state index in [1.807, 2.05) is 58.0 Å². The van der Waals surface area contributed by atoms with E-state index in [4.69, 9.17) is 4.99 Å². The summed E-state index contributed by atoms with van der Waals surface area (Å²) in [7, 11) is 0. The minimum Gasteiger partial charge on any atom is -0.289 e. The predicted octanol–water partition coefficient (Wildman–Crippen LogP) is 4.96. The minimum atomic E-state index is 0.125. The largest absolute Gasteiger partial charge is 0.289 e. The molecule has 0 bridgehead atoms. The molecule has 2 rings (SSSR count). The number of aliphatic imine (C=N–C) groups is 1. The maximum absolute atomic E-state index is 12.5. The first-order valence-corrected chi connectivity index (χ1v) is 7.12. The van der Waals surface area contributed by atoms with Crippen molar-refractivity contribution in [1.82, 2.24) is 0 Å². The molecular weight excluding hydrogens is 258 g/mol. The fourth-order valence-corrected chi connectivity index (χ4v) is 2.48. The number of hydrogen-bond acceptors (Lipinski definition) is 2. The molecule has 0 aliphatic heterocycles. The van der Waals surface area contributed by atoms with Crippen molar-refractivity contribution in [2.45, 2.75) is 34.1 Å². The van der Waals surface area contributed by atoms with Crippen molar-refractivity contribution in [3.8, 4) is 0 Å². The van der Waals surface area contributed by atoms with E-state index in [9.17, 15) is 4.79 Å². The Balaban J connectivity index is 2.57. The number of para-hydroxylation sites is 1. The lowest BCUT2D eigenvalue weighted by Crippen LogP contribution is -2.21. The highest BCUT2D eigenvalue weighted by Crippen LogP contribution is 2.30. The van der Waals surface area contributed by atoms with E-state index in [0.29, 0.717) is 6.42 Å². The summed E-state index contributed by atoms with van der Waals surface area (Å²) < 4.78 is 0. The van der Waals surface area contributed by atoms with Crippen LogP contribution < -0.4 is 0 Å². The van der Waals surface area contributed by atoms with Crippen LogP contribution in [0.1, 0.15) is 34.1 Å². The molecule has 0 saturated carbocycles. The summed E-state index contributed by atoms with van der Waals surface area (Å²) >= 11 is 0. The fraction of sp³-hybridized carbons (Fsp3) is 0.263. The molecule has 1 aromatic rings. The third kappa shape index (κ3) is 3.10. The maximum Gasteiger partial charge on any atom is 0.185 e. The van der Waals surface area contributed by atoms with Crippen LogP contribution >= 0.6 is 0 Å². The molecule has 2 heteroatoms. The van der Waals surface area contributed by atoms with Gasteiger partial charge < -0.3 is 0 Å². The summed E-state index contributed by atoms with van der Waals surface area (Å²) in [5.74, 6) is 0.125. The van der Waals surface area contributed by atoms with Crippen LogP contribution in [0.3, 0.4) is 0 Å². The van der Waals surface area contributed by atoms with Crippen molar-refractivity contribution in [3.63, 3.8) is 0 Å². The lowest BCUT2D eigenvalue weighted by molar-refractivity contribution is -0.112. The van der Waals surface area contributed by atoms with Crippen molar-refractivity contribution < 1.29 is 4.79 Å². The van der Waals surface area contributed by atoms with E-state index in [0.717, 1.165) is 39.3 Å². The zero-order valence-electron chi connectivity index (χ0n) is 13.2. The molecule has 0 spiro atoms. The Morgan fingerprint density at radius 3 is 2.24 bits per heavy atom. The highest BCUT2D eigenvalue weighted by molar-refractivity contribution is 6.27. The lowest BCUT2D eigenvalue weighted by Gasteiger charge is -2.22. The second-order valence-corrected chi connectivity index (χ2v) is 5.61. The topological polar surface area (TPSA) is 29.4 Å². The molecule has 0 unspecified atom stereocenters. The summed E-state index contributed by atoms with van der Waals surface area (Å²) in [6.45, 7) is 11.7. The first-order valence-electron chi connectivity index (χ1n) is 7.12. The van der Waals surface area contributed by atoms with Gasteiger partial charge in [-0.15, -0.1) is 0 Å². The number of nitrogens with zero attached hydrogens (tertiary/aromatic N) is 1. The number of allylic oxidation sites excluding steroid dienone is 5. The molecule has 1 aliphatic carbocycles. The number of carbonyl (C=O) groups excluding carboxylic acids is 1. The average Bonchev–Trinajstić information content (AvgIpc) is 2.47. The number of rotatable bonds is 3. The Bertz CT molecular complexity index is 688. The molecule has 1 aromatic carbocycles. The summed E-state index contributed by atoms with van der Waals surface area (Å²) in [6, 6.07) is 9.84. The van der Waals surface area contributed by atoms with E-state index in [-0.39, 0.29) is 5.78 Å². The number of ketones is 1. The third-order valence-electron chi connectivity index (χ3n) is 3.82. The van der Waals surface area contributed by atoms with Crippen LogP contribution in [0.15, 0.2) is 69.8 Å². The van der Waals surface area contributed by atoms with Crippen molar-refractivity contribution in [1.29, 1.82) is 0 Å². The molecule has 0 radical (unpaired) electrons. The second-order valence-electron chi connectivity index (χ2n) is 5.61. The third-order valence-corrected chi connectivity index (χ3v) is 3.82. The van der Waals surface area contributed by atoms with Gasteiger partial charge in [-0.25, -0.2) is 4.99 Å². The van der Waals surface area contributed by atoms with Crippen molar-refractivity contribution >= 4 is 17.2 Å². The van der Waals surface area contributed by atoms with Gasteiger partial charge in [0, 0.05) is 11.1 Å². The predicted molar refractivity (Wildman–Crippen MR) is 89.0 cm³/mol. The Morgan fingerprint density at radius 2 is 1.67 bits per heavy atom. The zero-order valence-corrected chi connectivity index (χ0v) is 13.2. The summed E-state index contributed by atoms with van der Waals surface area (Å²) in [4.78, 5) is 17.2. The summed E-state index contributed by atoms with van der Waals surface area (Å²) in [5, 5.41) is 0.